The third-order valence-electron chi connectivity index (χ3n) is 1.76. The van der Waals surface area contributed by atoms with Crippen LogP contribution in [0.1, 0.15) is 12.5 Å². The summed E-state index contributed by atoms with van der Waals surface area (Å²) < 4.78 is 10.4. The van der Waals surface area contributed by atoms with Gasteiger partial charge in [0.2, 0.25) is 0 Å². The second kappa shape index (κ2) is 5.23. The maximum absolute atomic E-state index is 8.77. The monoisotopic (exact) mass is 206 g/mol. The summed E-state index contributed by atoms with van der Waals surface area (Å²) in [6, 6.07) is 7.03. The normalized spacial score (nSPS) is 11.6. The SMILES string of the molecule is COc1cc(C#N)cc(OCC(C)N)c1. The number of methoxy groups -OCH3 is 1. The average molecular weight is 206 g/mol. The standard InChI is InChI=1S/C11H14N2O2/c1-8(13)7-15-11-4-9(6-12)3-10(5-11)14-2/h3-5,8H,7,13H2,1-2H3. The Hall–Kier alpha value is -1.73. The molecule has 2 N–H and O–H groups in total. The van der Waals surface area contributed by atoms with E-state index in [0.29, 0.717) is 23.7 Å². The largest absolute Gasteiger partial charge is 0.497 e. The minimum absolute atomic E-state index is 0.0401. The lowest BCUT2D eigenvalue weighted by atomic mass is 10.2. The number of benzene rings is 1. The third kappa shape index (κ3) is 3.49. The molecule has 0 heterocycles. The summed E-state index contributed by atoms with van der Waals surface area (Å²) in [7, 11) is 1.55. The molecule has 0 amide bonds. The highest BCUT2D eigenvalue weighted by Gasteiger charge is 2.03. The summed E-state index contributed by atoms with van der Waals surface area (Å²) in [4.78, 5) is 0. The van der Waals surface area contributed by atoms with Gasteiger partial charge in [-0.2, -0.15) is 5.26 Å². The molecule has 0 fully saturated rings. The number of ether oxygens (including phenoxy) is 2. The molecule has 4 heteroatoms. The highest BCUT2D eigenvalue weighted by Crippen LogP contribution is 2.22. The van der Waals surface area contributed by atoms with Crippen LogP contribution in [0, 0.1) is 11.3 Å². The Kier molecular flexibility index (Phi) is 3.95. The van der Waals surface area contributed by atoms with Crippen LogP contribution >= 0.6 is 0 Å². The van der Waals surface area contributed by atoms with E-state index >= 15 is 0 Å². The number of hydrogen-bond acceptors (Lipinski definition) is 4. The van der Waals surface area contributed by atoms with Crippen LogP contribution in [0.4, 0.5) is 0 Å². The van der Waals surface area contributed by atoms with Crippen molar-refractivity contribution in [3.63, 3.8) is 0 Å². The lowest BCUT2D eigenvalue weighted by Gasteiger charge is -2.10. The van der Waals surface area contributed by atoms with Gasteiger partial charge in [-0.15, -0.1) is 0 Å². The highest BCUT2D eigenvalue weighted by atomic mass is 16.5. The molecule has 0 saturated heterocycles. The molecule has 0 radical (unpaired) electrons. The summed E-state index contributed by atoms with van der Waals surface area (Å²) >= 11 is 0. The maximum atomic E-state index is 8.77. The molecule has 1 rings (SSSR count). The van der Waals surface area contributed by atoms with E-state index in [9.17, 15) is 0 Å². The predicted molar refractivity (Wildman–Crippen MR) is 56.9 cm³/mol. The van der Waals surface area contributed by atoms with Gasteiger partial charge >= 0.3 is 0 Å². The molecule has 80 valence electrons. The molecule has 1 unspecified atom stereocenters. The van der Waals surface area contributed by atoms with Gasteiger partial charge < -0.3 is 15.2 Å². The molecule has 1 aromatic carbocycles. The molecule has 0 spiro atoms. The summed E-state index contributed by atoms with van der Waals surface area (Å²) in [5.74, 6) is 1.21. The molecule has 0 aromatic heterocycles. The maximum Gasteiger partial charge on any atom is 0.124 e. The highest BCUT2D eigenvalue weighted by molar-refractivity contribution is 5.43. The Balaban J connectivity index is 2.83. The first-order valence-electron chi connectivity index (χ1n) is 4.63. The van der Waals surface area contributed by atoms with E-state index in [0.717, 1.165) is 0 Å². The first kappa shape index (κ1) is 11.3. The van der Waals surface area contributed by atoms with Crippen molar-refractivity contribution >= 4 is 0 Å². The molecule has 0 aliphatic rings. The van der Waals surface area contributed by atoms with Crippen molar-refractivity contribution in [2.24, 2.45) is 5.73 Å². The zero-order valence-corrected chi connectivity index (χ0v) is 8.86. The summed E-state index contributed by atoms with van der Waals surface area (Å²) in [5.41, 5.74) is 6.07. The van der Waals surface area contributed by atoms with Crippen LogP contribution in [-0.4, -0.2) is 19.8 Å². The van der Waals surface area contributed by atoms with Crippen LogP contribution in [0.2, 0.25) is 0 Å². The summed E-state index contributed by atoms with van der Waals surface area (Å²) in [6.45, 7) is 2.27. The number of nitrogens with zero attached hydrogens (tertiary/aromatic N) is 1. The van der Waals surface area contributed by atoms with Crippen LogP contribution < -0.4 is 15.2 Å². The van der Waals surface area contributed by atoms with E-state index < -0.39 is 0 Å². The smallest absolute Gasteiger partial charge is 0.124 e. The lowest BCUT2D eigenvalue weighted by Crippen LogP contribution is -2.23. The average Bonchev–Trinajstić information content (AvgIpc) is 2.25. The first-order valence-corrected chi connectivity index (χ1v) is 4.63. The molecule has 0 aliphatic heterocycles. The quantitative estimate of drug-likeness (QED) is 0.806. The Morgan fingerprint density at radius 2 is 2.07 bits per heavy atom. The fraction of sp³-hybridized carbons (Fsp3) is 0.364. The third-order valence-corrected chi connectivity index (χ3v) is 1.76. The second-order valence-corrected chi connectivity index (χ2v) is 3.30. The van der Waals surface area contributed by atoms with Crippen LogP contribution in [0.5, 0.6) is 11.5 Å². The van der Waals surface area contributed by atoms with Gasteiger partial charge in [-0.3, -0.25) is 0 Å². The number of hydrogen-bond donors (Lipinski definition) is 1. The molecule has 0 saturated carbocycles. The van der Waals surface area contributed by atoms with E-state index in [1.807, 2.05) is 13.0 Å². The molecule has 0 bridgehead atoms. The molecule has 0 aliphatic carbocycles. The van der Waals surface area contributed by atoms with Crippen LogP contribution in [-0.2, 0) is 0 Å². The van der Waals surface area contributed by atoms with Crippen molar-refractivity contribution in [2.75, 3.05) is 13.7 Å². The van der Waals surface area contributed by atoms with Gasteiger partial charge in [0.05, 0.1) is 18.7 Å². The molecular formula is C11H14N2O2. The minimum atomic E-state index is -0.0401. The van der Waals surface area contributed by atoms with Gasteiger partial charge in [0.25, 0.3) is 0 Å². The van der Waals surface area contributed by atoms with Gasteiger partial charge in [0, 0.05) is 12.1 Å². The van der Waals surface area contributed by atoms with Crippen molar-refractivity contribution < 1.29 is 9.47 Å². The molecule has 15 heavy (non-hydrogen) atoms. The van der Waals surface area contributed by atoms with Crippen molar-refractivity contribution in [2.45, 2.75) is 13.0 Å². The van der Waals surface area contributed by atoms with Crippen molar-refractivity contribution in [3.8, 4) is 17.6 Å². The van der Waals surface area contributed by atoms with Crippen molar-refractivity contribution in [1.29, 1.82) is 5.26 Å². The van der Waals surface area contributed by atoms with E-state index in [1.54, 1.807) is 25.3 Å². The Bertz CT molecular complexity index is 369. The van der Waals surface area contributed by atoms with Gasteiger partial charge in [-0.1, -0.05) is 0 Å². The van der Waals surface area contributed by atoms with E-state index in [2.05, 4.69) is 0 Å². The zero-order chi connectivity index (χ0) is 11.3. The van der Waals surface area contributed by atoms with Gasteiger partial charge in [-0.25, -0.2) is 0 Å². The van der Waals surface area contributed by atoms with Gasteiger partial charge in [-0.05, 0) is 19.1 Å². The van der Waals surface area contributed by atoms with Gasteiger partial charge in [0.1, 0.15) is 18.1 Å². The van der Waals surface area contributed by atoms with Crippen molar-refractivity contribution in [3.05, 3.63) is 23.8 Å². The number of nitrogens with two attached hydrogens (primary N) is 1. The second-order valence-electron chi connectivity index (χ2n) is 3.30. The lowest BCUT2D eigenvalue weighted by molar-refractivity contribution is 0.294. The minimum Gasteiger partial charge on any atom is -0.497 e. The van der Waals surface area contributed by atoms with Crippen LogP contribution in [0.15, 0.2) is 18.2 Å². The Morgan fingerprint density at radius 1 is 1.40 bits per heavy atom. The van der Waals surface area contributed by atoms with Crippen molar-refractivity contribution in [1.82, 2.24) is 0 Å². The molecule has 4 nitrogen and oxygen atoms in total. The topological polar surface area (TPSA) is 68.3 Å². The van der Waals surface area contributed by atoms with E-state index in [1.165, 1.54) is 0 Å². The Morgan fingerprint density at radius 3 is 2.60 bits per heavy atom. The first-order chi connectivity index (χ1) is 7.15. The molecule has 1 atom stereocenters. The summed E-state index contributed by atoms with van der Waals surface area (Å²) in [5, 5.41) is 8.77. The molecular weight excluding hydrogens is 192 g/mol. The summed E-state index contributed by atoms with van der Waals surface area (Å²) in [6.07, 6.45) is 0. The Labute approximate surface area is 89.2 Å². The number of nitriles is 1. The fourth-order valence-electron chi connectivity index (χ4n) is 1.07. The zero-order valence-electron chi connectivity index (χ0n) is 8.86. The number of rotatable bonds is 4. The fourth-order valence-corrected chi connectivity index (χ4v) is 1.07. The van der Waals surface area contributed by atoms with E-state index in [4.69, 9.17) is 20.5 Å². The molecule has 1 aromatic rings. The predicted octanol–water partition coefficient (Wildman–Crippen LogP) is 1.29. The van der Waals surface area contributed by atoms with Crippen LogP contribution in [0.3, 0.4) is 0 Å². The van der Waals surface area contributed by atoms with E-state index in [-0.39, 0.29) is 6.04 Å². The van der Waals surface area contributed by atoms with Gasteiger partial charge in [0.15, 0.2) is 0 Å². The van der Waals surface area contributed by atoms with Crippen LogP contribution in [0.25, 0.3) is 0 Å².